The first kappa shape index (κ1) is 14.5. The van der Waals surface area contributed by atoms with Crippen molar-refractivity contribution in [2.45, 2.75) is 38.5 Å². The Kier molecular flexibility index (Phi) is 5.64. The van der Waals surface area contributed by atoms with Gasteiger partial charge in [0.2, 0.25) is 0 Å². The zero-order valence-electron chi connectivity index (χ0n) is 10.0. The fourth-order valence-corrected chi connectivity index (χ4v) is 2.81. The summed E-state index contributed by atoms with van der Waals surface area (Å²) in [7, 11) is 0. The highest BCUT2D eigenvalue weighted by Gasteiger charge is 2.08. The molecule has 1 heterocycles. The van der Waals surface area contributed by atoms with Gasteiger partial charge in [-0.05, 0) is 31.7 Å². The SMILES string of the molecule is Nc1cc(CCCC(=O)O)sc1CCCC(=O)O. The molecule has 0 aliphatic heterocycles. The van der Waals surface area contributed by atoms with Gasteiger partial charge in [0.05, 0.1) is 0 Å². The molecular weight excluding hydrogens is 254 g/mol. The summed E-state index contributed by atoms with van der Waals surface area (Å²) in [6, 6.07) is 1.86. The van der Waals surface area contributed by atoms with Crippen LogP contribution in [0.15, 0.2) is 6.07 Å². The van der Waals surface area contributed by atoms with Crippen LogP contribution < -0.4 is 5.73 Å². The molecule has 0 spiro atoms. The summed E-state index contributed by atoms with van der Waals surface area (Å²) >= 11 is 1.55. The maximum absolute atomic E-state index is 10.4. The molecule has 18 heavy (non-hydrogen) atoms. The van der Waals surface area contributed by atoms with Crippen LogP contribution in [0.4, 0.5) is 5.69 Å². The first-order valence-electron chi connectivity index (χ1n) is 5.79. The smallest absolute Gasteiger partial charge is 0.303 e. The third-order valence-corrected chi connectivity index (χ3v) is 3.77. The quantitative estimate of drug-likeness (QED) is 0.672. The monoisotopic (exact) mass is 271 g/mol. The van der Waals surface area contributed by atoms with Crippen molar-refractivity contribution in [2.24, 2.45) is 0 Å². The van der Waals surface area contributed by atoms with E-state index in [1.54, 1.807) is 11.3 Å². The van der Waals surface area contributed by atoms with Gasteiger partial charge in [0.25, 0.3) is 0 Å². The first-order valence-corrected chi connectivity index (χ1v) is 6.61. The predicted molar refractivity (Wildman–Crippen MR) is 69.9 cm³/mol. The molecule has 1 aromatic heterocycles. The van der Waals surface area contributed by atoms with E-state index < -0.39 is 11.9 Å². The molecule has 0 aliphatic rings. The minimum absolute atomic E-state index is 0.145. The van der Waals surface area contributed by atoms with Gasteiger partial charge in [-0.1, -0.05) is 0 Å². The topological polar surface area (TPSA) is 101 Å². The van der Waals surface area contributed by atoms with Crippen molar-refractivity contribution in [1.29, 1.82) is 0 Å². The lowest BCUT2D eigenvalue weighted by molar-refractivity contribution is -0.138. The van der Waals surface area contributed by atoms with E-state index in [0.717, 1.165) is 9.75 Å². The number of hydrogen-bond acceptors (Lipinski definition) is 4. The van der Waals surface area contributed by atoms with Crippen LogP contribution in [0.1, 0.15) is 35.4 Å². The second-order valence-electron chi connectivity index (χ2n) is 4.09. The highest BCUT2D eigenvalue weighted by molar-refractivity contribution is 7.12. The summed E-state index contributed by atoms with van der Waals surface area (Å²) in [6.07, 6.45) is 2.86. The highest BCUT2D eigenvalue weighted by atomic mass is 32.1. The number of aliphatic carboxylic acids is 2. The van der Waals surface area contributed by atoms with E-state index in [-0.39, 0.29) is 12.8 Å². The average Bonchev–Trinajstić information content (AvgIpc) is 2.58. The molecular formula is C12H17NO4S. The highest BCUT2D eigenvalue weighted by Crippen LogP contribution is 2.27. The third kappa shape index (κ3) is 5.18. The Morgan fingerprint density at radius 2 is 1.67 bits per heavy atom. The van der Waals surface area contributed by atoms with Crippen molar-refractivity contribution in [3.05, 3.63) is 15.8 Å². The van der Waals surface area contributed by atoms with Crippen molar-refractivity contribution in [2.75, 3.05) is 5.73 Å². The number of anilines is 1. The van der Waals surface area contributed by atoms with Gasteiger partial charge in [0, 0.05) is 28.3 Å². The molecule has 0 amide bonds. The number of aryl methyl sites for hydroxylation is 2. The number of carbonyl (C=O) groups is 2. The molecule has 0 fully saturated rings. The summed E-state index contributed by atoms with van der Waals surface area (Å²) in [6.45, 7) is 0. The Balaban J connectivity index is 2.43. The molecule has 100 valence electrons. The van der Waals surface area contributed by atoms with E-state index in [2.05, 4.69) is 0 Å². The van der Waals surface area contributed by atoms with Gasteiger partial charge in [-0.2, -0.15) is 0 Å². The Bertz CT molecular complexity index is 428. The number of hydrogen-bond donors (Lipinski definition) is 3. The molecule has 0 saturated heterocycles. The van der Waals surface area contributed by atoms with Crippen molar-refractivity contribution >= 4 is 29.0 Å². The van der Waals surface area contributed by atoms with Crippen LogP contribution in [-0.2, 0) is 22.4 Å². The number of nitrogen functional groups attached to an aromatic ring is 1. The summed E-state index contributed by atoms with van der Waals surface area (Å²) < 4.78 is 0. The van der Waals surface area contributed by atoms with Crippen molar-refractivity contribution in [3.8, 4) is 0 Å². The zero-order chi connectivity index (χ0) is 13.5. The van der Waals surface area contributed by atoms with Gasteiger partial charge in [0.15, 0.2) is 0 Å². The number of rotatable bonds is 8. The average molecular weight is 271 g/mol. The molecule has 0 radical (unpaired) electrons. The number of carboxylic acids is 2. The van der Waals surface area contributed by atoms with Crippen LogP contribution in [0, 0.1) is 0 Å². The van der Waals surface area contributed by atoms with E-state index in [0.29, 0.717) is 31.4 Å². The van der Waals surface area contributed by atoms with Crippen LogP contribution in [0.25, 0.3) is 0 Å². The van der Waals surface area contributed by atoms with Crippen LogP contribution >= 0.6 is 11.3 Å². The molecule has 4 N–H and O–H groups in total. The molecule has 0 bridgehead atoms. The molecule has 0 aromatic carbocycles. The number of nitrogens with two attached hydrogens (primary N) is 1. The Hall–Kier alpha value is -1.56. The van der Waals surface area contributed by atoms with Crippen molar-refractivity contribution in [3.63, 3.8) is 0 Å². The normalized spacial score (nSPS) is 10.4. The first-order chi connectivity index (χ1) is 8.49. The van der Waals surface area contributed by atoms with Crippen LogP contribution in [0.3, 0.4) is 0 Å². The molecule has 0 aliphatic carbocycles. The fraction of sp³-hybridized carbons (Fsp3) is 0.500. The maximum Gasteiger partial charge on any atom is 0.303 e. The second kappa shape index (κ2) is 7.00. The molecule has 0 saturated carbocycles. The van der Waals surface area contributed by atoms with Crippen molar-refractivity contribution in [1.82, 2.24) is 0 Å². The number of carboxylic acid groups (broad SMARTS) is 2. The van der Waals surface area contributed by atoms with Gasteiger partial charge in [-0.15, -0.1) is 11.3 Å². The summed E-state index contributed by atoms with van der Waals surface area (Å²) in [5, 5.41) is 17.1. The Morgan fingerprint density at radius 1 is 1.11 bits per heavy atom. The third-order valence-electron chi connectivity index (χ3n) is 2.50. The molecule has 1 rings (SSSR count). The predicted octanol–water partition coefficient (Wildman–Crippen LogP) is 2.14. The lowest BCUT2D eigenvalue weighted by Crippen LogP contribution is -1.96. The van der Waals surface area contributed by atoms with Gasteiger partial charge in [-0.25, -0.2) is 0 Å². The lowest BCUT2D eigenvalue weighted by atomic mass is 10.2. The van der Waals surface area contributed by atoms with Gasteiger partial charge in [0.1, 0.15) is 0 Å². The minimum atomic E-state index is -0.799. The van der Waals surface area contributed by atoms with Gasteiger partial charge >= 0.3 is 11.9 Å². The molecule has 5 nitrogen and oxygen atoms in total. The van der Waals surface area contributed by atoms with Crippen LogP contribution in [0.2, 0.25) is 0 Å². The van der Waals surface area contributed by atoms with Crippen LogP contribution in [-0.4, -0.2) is 22.2 Å². The van der Waals surface area contributed by atoms with E-state index in [4.69, 9.17) is 15.9 Å². The summed E-state index contributed by atoms with van der Waals surface area (Å²) in [4.78, 5) is 22.9. The van der Waals surface area contributed by atoms with Crippen LogP contribution in [0.5, 0.6) is 0 Å². The number of thiophene rings is 1. The lowest BCUT2D eigenvalue weighted by Gasteiger charge is -1.97. The van der Waals surface area contributed by atoms with Gasteiger partial charge < -0.3 is 15.9 Å². The Labute approximate surface area is 109 Å². The molecule has 0 unspecified atom stereocenters. The van der Waals surface area contributed by atoms with E-state index in [1.807, 2.05) is 6.07 Å². The molecule has 0 atom stereocenters. The van der Waals surface area contributed by atoms with E-state index in [1.165, 1.54) is 0 Å². The standard InChI is InChI=1S/C12H17NO4S/c13-9-7-8(3-1-5-11(14)15)18-10(9)4-2-6-12(16)17/h7H,1-6,13H2,(H,14,15)(H,16,17). The fourth-order valence-electron chi connectivity index (χ4n) is 1.63. The summed E-state index contributed by atoms with van der Waals surface area (Å²) in [5.41, 5.74) is 6.53. The molecule has 6 heteroatoms. The van der Waals surface area contributed by atoms with Crippen molar-refractivity contribution < 1.29 is 19.8 Å². The maximum atomic E-state index is 10.4. The van der Waals surface area contributed by atoms with E-state index >= 15 is 0 Å². The second-order valence-corrected chi connectivity index (χ2v) is 5.31. The minimum Gasteiger partial charge on any atom is -0.481 e. The molecule has 1 aromatic rings. The van der Waals surface area contributed by atoms with Gasteiger partial charge in [-0.3, -0.25) is 9.59 Å². The summed E-state index contributed by atoms with van der Waals surface area (Å²) in [5.74, 6) is -1.59. The Morgan fingerprint density at radius 3 is 2.22 bits per heavy atom. The van der Waals surface area contributed by atoms with E-state index in [9.17, 15) is 9.59 Å². The largest absolute Gasteiger partial charge is 0.481 e. The zero-order valence-corrected chi connectivity index (χ0v) is 10.8.